The second kappa shape index (κ2) is 7.13. The van der Waals surface area contributed by atoms with Crippen LogP contribution in [0.2, 0.25) is 0 Å². The van der Waals surface area contributed by atoms with Crippen molar-refractivity contribution in [3.05, 3.63) is 59.7 Å². The molecule has 26 heavy (non-hydrogen) atoms. The monoisotopic (exact) mass is 353 g/mol. The molecule has 0 N–H and O–H groups in total. The highest BCUT2D eigenvalue weighted by Gasteiger charge is 2.54. The number of ether oxygens (including phenoxy) is 2. The second-order valence-electron chi connectivity index (χ2n) is 7.08. The lowest BCUT2D eigenvalue weighted by Gasteiger charge is -2.50. The summed E-state index contributed by atoms with van der Waals surface area (Å²) in [4.78, 5) is 22.8. The fourth-order valence-electron chi connectivity index (χ4n) is 3.78. The maximum atomic E-state index is 12.5. The van der Waals surface area contributed by atoms with Crippen LogP contribution in [0.1, 0.15) is 28.2 Å². The Kier molecular flexibility index (Phi) is 4.70. The molecule has 4 heterocycles. The van der Waals surface area contributed by atoms with Crippen LogP contribution in [0.4, 0.5) is 0 Å². The van der Waals surface area contributed by atoms with Gasteiger partial charge < -0.3 is 14.4 Å². The van der Waals surface area contributed by atoms with Crippen LogP contribution in [0.15, 0.2) is 42.7 Å². The predicted molar refractivity (Wildman–Crippen MR) is 95.6 cm³/mol. The lowest BCUT2D eigenvalue weighted by molar-refractivity contribution is -0.129. The van der Waals surface area contributed by atoms with Crippen molar-refractivity contribution in [3.63, 3.8) is 0 Å². The summed E-state index contributed by atoms with van der Waals surface area (Å²) >= 11 is 0. The van der Waals surface area contributed by atoms with E-state index in [0.29, 0.717) is 37.8 Å². The molecule has 6 heteroatoms. The Labute approximate surface area is 153 Å². The van der Waals surface area contributed by atoms with E-state index >= 15 is 0 Å². The van der Waals surface area contributed by atoms with Crippen molar-refractivity contribution in [1.82, 2.24) is 14.9 Å². The summed E-state index contributed by atoms with van der Waals surface area (Å²) in [6, 6.07) is 9.45. The van der Waals surface area contributed by atoms with Gasteiger partial charge in [0.1, 0.15) is 5.60 Å². The molecule has 1 unspecified atom stereocenters. The first-order valence-corrected chi connectivity index (χ1v) is 9.00. The molecule has 4 rings (SSSR count). The van der Waals surface area contributed by atoms with Crippen molar-refractivity contribution in [3.8, 4) is 0 Å². The minimum Gasteiger partial charge on any atom is -0.375 e. The van der Waals surface area contributed by atoms with Gasteiger partial charge in [0.05, 0.1) is 32.0 Å². The maximum absolute atomic E-state index is 12.5. The lowest BCUT2D eigenvalue weighted by Crippen LogP contribution is -2.66. The van der Waals surface area contributed by atoms with Crippen LogP contribution in [-0.4, -0.2) is 52.7 Å². The Morgan fingerprint density at radius 2 is 2.12 bits per heavy atom. The third kappa shape index (κ3) is 3.34. The van der Waals surface area contributed by atoms with Gasteiger partial charge in [-0.25, -0.2) is 0 Å². The highest BCUT2D eigenvalue weighted by Crippen LogP contribution is 2.40. The molecule has 2 fully saturated rings. The van der Waals surface area contributed by atoms with Gasteiger partial charge in [-0.2, -0.15) is 0 Å². The van der Waals surface area contributed by atoms with Crippen molar-refractivity contribution in [2.45, 2.75) is 25.6 Å². The van der Waals surface area contributed by atoms with E-state index in [4.69, 9.17) is 9.47 Å². The van der Waals surface area contributed by atoms with E-state index < -0.39 is 0 Å². The van der Waals surface area contributed by atoms with E-state index in [-0.39, 0.29) is 11.5 Å². The van der Waals surface area contributed by atoms with Gasteiger partial charge in [0.2, 0.25) is 0 Å². The normalized spacial score (nSPS) is 21.0. The summed E-state index contributed by atoms with van der Waals surface area (Å²) in [6.07, 6.45) is 4.26. The van der Waals surface area contributed by atoms with Gasteiger partial charge in [0, 0.05) is 36.2 Å². The van der Waals surface area contributed by atoms with Gasteiger partial charge >= 0.3 is 0 Å². The Bertz CT molecular complexity index is 775. The molecule has 1 spiro atoms. The SMILES string of the molecule is Cc1cccc(COCC2CCOC23CN(C(=O)c2ccncc2)C3)n1. The number of pyridine rings is 2. The number of hydrogen-bond donors (Lipinski definition) is 0. The average molecular weight is 353 g/mol. The van der Waals surface area contributed by atoms with Gasteiger partial charge in [-0.3, -0.25) is 14.8 Å². The fourth-order valence-corrected chi connectivity index (χ4v) is 3.78. The third-order valence-corrected chi connectivity index (χ3v) is 5.25. The van der Waals surface area contributed by atoms with Crippen molar-refractivity contribution in [1.29, 1.82) is 0 Å². The minimum atomic E-state index is -0.247. The summed E-state index contributed by atoms with van der Waals surface area (Å²) in [7, 11) is 0. The first-order valence-electron chi connectivity index (χ1n) is 9.00. The highest BCUT2D eigenvalue weighted by molar-refractivity contribution is 5.94. The topological polar surface area (TPSA) is 64.6 Å². The lowest BCUT2D eigenvalue weighted by atomic mass is 9.81. The van der Waals surface area contributed by atoms with Gasteiger partial charge in [0.15, 0.2) is 0 Å². The number of nitrogens with zero attached hydrogens (tertiary/aromatic N) is 3. The number of likely N-dealkylation sites (tertiary alicyclic amines) is 1. The molecule has 6 nitrogen and oxygen atoms in total. The van der Waals surface area contributed by atoms with Crippen LogP contribution in [0.5, 0.6) is 0 Å². The second-order valence-corrected chi connectivity index (χ2v) is 7.08. The van der Waals surface area contributed by atoms with Gasteiger partial charge in [-0.05, 0) is 37.6 Å². The molecule has 0 bridgehead atoms. The smallest absolute Gasteiger partial charge is 0.254 e. The molecule has 136 valence electrons. The summed E-state index contributed by atoms with van der Waals surface area (Å²) < 4.78 is 11.9. The molecule has 0 radical (unpaired) electrons. The summed E-state index contributed by atoms with van der Waals surface area (Å²) in [5.41, 5.74) is 2.37. The van der Waals surface area contributed by atoms with Crippen LogP contribution < -0.4 is 0 Å². The van der Waals surface area contributed by atoms with E-state index in [1.165, 1.54) is 0 Å². The van der Waals surface area contributed by atoms with Crippen LogP contribution in [0, 0.1) is 12.8 Å². The molecule has 2 aromatic heterocycles. The minimum absolute atomic E-state index is 0.0390. The Morgan fingerprint density at radius 3 is 2.88 bits per heavy atom. The molecular formula is C20H23N3O3. The van der Waals surface area contributed by atoms with Crippen molar-refractivity contribution in [2.75, 3.05) is 26.3 Å². The predicted octanol–water partition coefficient (Wildman–Crippen LogP) is 2.23. The highest BCUT2D eigenvalue weighted by atomic mass is 16.5. The van der Waals surface area contributed by atoms with Crippen LogP contribution in [-0.2, 0) is 16.1 Å². The van der Waals surface area contributed by atoms with Crippen LogP contribution in [0.3, 0.4) is 0 Å². The average Bonchev–Trinajstić information content (AvgIpc) is 3.05. The van der Waals surface area contributed by atoms with E-state index in [0.717, 1.165) is 24.4 Å². The molecule has 2 aliphatic rings. The van der Waals surface area contributed by atoms with E-state index in [9.17, 15) is 4.79 Å². The zero-order chi connectivity index (χ0) is 18.0. The number of carbonyl (C=O) groups excluding carboxylic acids is 1. The summed E-state index contributed by atoms with van der Waals surface area (Å²) in [6.45, 7) is 5.11. The van der Waals surface area contributed by atoms with Crippen molar-refractivity contribution in [2.24, 2.45) is 5.92 Å². The number of aromatic nitrogens is 2. The Balaban J connectivity index is 1.31. The van der Waals surface area contributed by atoms with Gasteiger partial charge in [-0.1, -0.05) is 6.07 Å². The molecule has 2 aliphatic heterocycles. The van der Waals surface area contributed by atoms with Crippen molar-refractivity contribution >= 4 is 5.91 Å². The van der Waals surface area contributed by atoms with E-state index in [2.05, 4.69) is 9.97 Å². The molecule has 1 amide bonds. The maximum Gasteiger partial charge on any atom is 0.254 e. The number of carbonyl (C=O) groups is 1. The third-order valence-electron chi connectivity index (χ3n) is 5.25. The van der Waals surface area contributed by atoms with Gasteiger partial charge in [-0.15, -0.1) is 0 Å². The van der Waals surface area contributed by atoms with Crippen molar-refractivity contribution < 1.29 is 14.3 Å². The molecule has 0 aliphatic carbocycles. The van der Waals surface area contributed by atoms with E-state index in [1.807, 2.05) is 30.0 Å². The number of hydrogen-bond acceptors (Lipinski definition) is 5. The first-order chi connectivity index (χ1) is 12.7. The number of rotatable bonds is 5. The molecular weight excluding hydrogens is 330 g/mol. The zero-order valence-corrected chi connectivity index (χ0v) is 14.9. The van der Waals surface area contributed by atoms with Crippen LogP contribution >= 0.6 is 0 Å². The molecule has 2 aromatic rings. The molecule has 0 saturated carbocycles. The first kappa shape index (κ1) is 17.1. The fraction of sp³-hybridized carbons (Fsp3) is 0.450. The van der Waals surface area contributed by atoms with Crippen LogP contribution in [0.25, 0.3) is 0 Å². The zero-order valence-electron chi connectivity index (χ0n) is 14.9. The number of aryl methyl sites for hydroxylation is 1. The summed E-state index contributed by atoms with van der Waals surface area (Å²) in [5.74, 6) is 0.353. The standard InChI is InChI=1S/C20H23N3O3/c1-15-3-2-4-18(22-15)12-25-11-17-7-10-26-20(17)13-23(14-20)19(24)16-5-8-21-9-6-16/h2-6,8-9,17H,7,10-14H2,1H3. The van der Waals surface area contributed by atoms with Gasteiger partial charge in [0.25, 0.3) is 5.91 Å². The Morgan fingerprint density at radius 1 is 1.31 bits per heavy atom. The molecule has 0 aromatic carbocycles. The Hall–Kier alpha value is -2.31. The number of amides is 1. The van der Waals surface area contributed by atoms with E-state index in [1.54, 1.807) is 24.5 Å². The molecule has 1 atom stereocenters. The molecule has 2 saturated heterocycles. The largest absolute Gasteiger partial charge is 0.375 e. The quantitative estimate of drug-likeness (QED) is 0.825. The summed E-state index contributed by atoms with van der Waals surface area (Å²) in [5, 5.41) is 0.